The number of likely N-dealkylation sites (N-methyl/N-ethyl adjacent to an activating group) is 1. The summed E-state index contributed by atoms with van der Waals surface area (Å²) >= 11 is 0. The van der Waals surface area contributed by atoms with Gasteiger partial charge in [0, 0.05) is 6.61 Å². The van der Waals surface area contributed by atoms with Gasteiger partial charge in [-0.3, -0.25) is 4.57 Å². The van der Waals surface area contributed by atoms with Crippen molar-refractivity contribution in [2.24, 2.45) is 0 Å². The summed E-state index contributed by atoms with van der Waals surface area (Å²) in [5.41, 5.74) is 0. The van der Waals surface area contributed by atoms with Crippen molar-refractivity contribution in [3.05, 3.63) is 0 Å². The Hall–Kier alpha value is -0.0100. The summed E-state index contributed by atoms with van der Waals surface area (Å²) in [4.78, 5) is 11.6. The molecule has 0 saturated heterocycles. The fourth-order valence-corrected chi connectivity index (χ4v) is 3.69. The highest BCUT2D eigenvalue weighted by atomic mass is 31.2. The molecule has 0 aromatic rings. The molecular formula is C22H48NO6P. The van der Waals surface area contributed by atoms with Gasteiger partial charge in [-0.25, -0.2) is 0 Å². The first-order chi connectivity index (χ1) is 14.2. The number of phosphoric acid groups is 1. The molecule has 0 radical (unpaired) electrons. The quantitative estimate of drug-likeness (QED) is 0.150. The van der Waals surface area contributed by atoms with Crippen LogP contribution in [0.15, 0.2) is 0 Å². The van der Waals surface area contributed by atoms with Crippen LogP contribution in [0, 0.1) is 0 Å². The second-order valence-corrected chi connectivity index (χ2v) is 10.6. The number of rotatable bonds is 22. The first-order valence-corrected chi connectivity index (χ1v) is 13.3. The third-order valence-corrected chi connectivity index (χ3v) is 5.85. The molecule has 1 N–H and O–H groups in total. The maximum absolute atomic E-state index is 11.6. The predicted molar refractivity (Wildman–Crippen MR) is 120 cm³/mol. The van der Waals surface area contributed by atoms with Gasteiger partial charge in [-0.1, -0.05) is 77.6 Å². The molecule has 0 aliphatic heterocycles. The van der Waals surface area contributed by atoms with E-state index in [1.165, 1.54) is 64.2 Å². The summed E-state index contributed by atoms with van der Waals surface area (Å²) in [5.74, 6) is 0. The second-order valence-electron chi connectivity index (χ2n) is 9.21. The van der Waals surface area contributed by atoms with E-state index in [1.807, 2.05) is 21.1 Å². The van der Waals surface area contributed by atoms with Gasteiger partial charge in [-0.15, -0.1) is 0 Å². The van der Waals surface area contributed by atoms with Crippen molar-refractivity contribution in [1.82, 2.24) is 0 Å². The molecule has 8 heteroatoms. The smallest absolute Gasteiger partial charge is 0.268 e. The number of hydrogen-bond acceptors (Lipinski definition) is 6. The summed E-state index contributed by atoms with van der Waals surface area (Å²) in [6.45, 7) is 3.14. The molecule has 0 saturated carbocycles. The second kappa shape index (κ2) is 18.6. The largest absolute Gasteiger partial charge is 0.756 e. The summed E-state index contributed by atoms with van der Waals surface area (Å²) in [6.07, 6.45) is 14.5. The van der Waals surface area contributed by atoms with Gasteiger partial charge >= 0.3 is 0 Å². The van der Waals surface area contributed by atoms with Crippen molar-refractivity contribution in [3.63, 3.8) is 0 Å². The number of unbranched alkanes of at least 4 members (excludes halogenated alkanes) is 11. The van der Waals surface area contributed by atoms with Crippen LogP contribution in [0.2, 0.25) is 0 Å². The molecule has 0 heterocycles. The SMILES string of the molecule is CCCCCCCCCCCCCCOC[C@@H](O)COP(=O)([O-])OCC[N+](C)(C)C. The Balaban J connectivity index is 3.44. The zero-order valence-electron chi connectivity index (χ0n) is 20.0. The van der Waals surface area contributed by atoms with Crippen LogP contribution in [-0.4, -0.2) is 69.8 Å². The molecule has 0 bridgehead atoms. The van der Waals surface area contributed by atoms with Crippen LogP contribution in [0.4, 0.5) is 0 Å². The lowest BCUT2D eigenvalue weighted by Gasteiger charge is -2.27. The van der Waals surface area contributed by atoms with Crippen molar-refractivity contribution >= 4 is 7.82 Å². The third-order valence-electron chi connectivity index (χ3n) is 4.89. The zero-order valence-corrected chi connectivity index (χ0v) is 20.9. The number of aliphatic hydroxyl groups excluding tert-OH is 1. The van der Waals surface area contributed by atoms with Crippen molar-refractivity contribution in [2.45, 2.75) is 90.1 Å². The van der Waals surface area contributed by atoms with E-state index in [2.05, 4.69) is 6.92 Å². The fourth-order valence-electron chi connectivity index (χ4n) is 2.95. The van der Waals surface area contributed by atoms with Gasteiger partial charge in [0.05, 0.1) is 34.4 Å². The van der Waals surface area contributed by atoms with Gasteiger partial charge in [0.15, 0.2) is 0 Å². The van der Waals surface area contributed by atoms with E-state index in [-0.39, 0.29) is 19.8 Å². The highest BCUT2D eigenvalue weighted by Crippen LogP contribution is 2.38. The number of quaternary nitrogens is 1. The molecule has 7 nitrogen and oxygen atoms in total. The average Bonchev–Trinajstić information content (AvgIpc) is 2.65. The molecule has 0 spiro atoms. The standard InChI is InChI=1S/C22H48NO6P/c1-5-6-7-8-9-10-11-12-13-14-15-16-18-27-20-22(24)21-29-30(25,26)28-19-17-23(2,3)4/h22,24H,5-21H2,1-4H3/t22-/m1/s1. The summed E-state index contributed by atoms with van der Waals surface area (Å²) in [7, 11) is 1.44. The van der Waals surface area contributed by atoms with E-state index in [4.69, 9.17) is 13.8 Å². The summed E-state index contributed by atoms with van der Waals surface area (Å²) < 4.78 is 27.2. The van der Waals surface area contributed by atoms with Gasteiger partial charge < -0.3 is 28.3 Å². The topological polar surface area (TPSA) is 88.0 Å². The zero-order chi connectivity index (χ0) is 22.7. The summed E-state index contributed by atoms with van der Waals surface area (Å²) in [6, 6.07) is 0. The van der Waals surface area contributed by atoms with Gasteiger partial charge in [0.25, 0.3) is 7.82 Å². The number of ether oxygens (including phenoxy) is 1. The van der Waals surface area contributed by atoms with Crippen molar-refractivity contribution in [1.29, 1.82) is 0 Å². The molecule has 30 heavy (non-hydrogen) atoms. The van der Waals surface area contributed by atoms with Crippen LogP contribution in [0.3, 0.4) is 0 Å². The minimum absolute atomic E-state index is 0.0514. The Kier molecular flexibility index (Phi) is 18.5. The molecule has 2 atom stereocenters. The van der Waals surface area contributed by atoms with E-state index in [0.29, 0.717) is 17.6 Å². The van der Waals surface area contributed by atoms with Crippen molar-refractivity contribution < 1.29 is 32.8 Å². The lowest BCUT2D eigenvalue weighted by molar-refractivity contribution is -0.870. The van der Waals surface area contributed by atoms with Crippen LogP contribution in [0.25, 0.3) is 0 Å². The lowest BCUT2D eigenvalue weighted by atomic mass is 10.1. The third kappa shape index (κ3) is 22.7. The van der Waals surface area contributed by atoms with Crippen molar-refractivity contribution in [2.75, 3.05) is 54.1 Å². The molecule has 182 valence electrons. The average molecular weight is 454 g/mol. The molecule has 0 aromatic heterocycles. The van der Waals surface area contributed by atoms with E-state index >= 15 is 0 Å². The number of aliphatic hydroxyl groups is 1. The molecule has 0 aromatic carbocycles. The van der Waals surface area contributed by atoms with Gasteiger partial charge in [0.2, 0.25) is 0 Å². The maximum Gasteiger partial charge on any atom is 0.268 e. The Bertz CT molecular complexity index is 430. The highest BCUT2D eigenvalue weighted by molar-refractivity contribution is 7.45. The molecular weight excluding hydrogens is 405 g/mol. The van der Waals surface area contributed by atoms with Gasteiger partial charge in [0.1, 0.15) is 19.3 Å². The number of phosphoric ester groups is 1. The minimum Gasteiger partial charge on any atom is -0.756 e. The highest BCUT2D eigenvalue weighted by Gasteiger charge is 2.15. The molecule has 1 unspecified atom stereocenters. The lowest BCUT2D eigenvalue weighted by Crippen LogP contribution is -2.37. The van der Waals surface area contributed by atoms with Crippen LogP contribution in [-0.2, 0) is 18.3 Å². The molecule has 0 aliphatic rings. The van der Waals surface area contributed by atoms with E-state index < -0.39 is 13.9 Å². The summed E-state index contributed by atoms with van der Waals surface area (Å²) in [5, 5.41) is 9.79. The van der Waals surface area contributed by atoms with Gasteiger partial charge in [-0.05, 0) is 6.42 Å². The van der Waals surface area contributed by atoms with Crippen LogP contribution >= 0.6 is 7.82 Å². The molecule has 0 amide bonds. The van der Waals surface area contributed by atoms with E-state index in [1.54, 1.807) is 0 Å². The monoisotopic (exact) mass is 453 g/mol. The van der Waals surface area contributed by atoms with Crippen LogP contribution in [0.1, 0.15) is 84.0 Å². The molecule has 0 fully saturated rings. The number of hydrogen-bond donors (Lipinski definition) is 1. The van der Waals surface area contributed by atoms with E-state index in [9.17, 15) is 14.6 Å². The minimum atomic E-state index is -4.38. The van der Waals surface area contributed by atoms with Crippen molar-refractivity contribution in [3.8, 4) is 0 Å². The Morgan fingerprint density at radius 3 is 1.80 bits per heavy atom. The number of nitrogens with zero attached hydrogens (tertiary/aromatic N) is 1. The Morgan fingerprint density at radius 1 is 0.800 bits per heavy atom. The maximum atomic E-state index is 11.6. The molecule has 0 rings (SSSR count). The Labute approximate surface area is 185 Å². The van der Waals surface area contributed by atoms with E-state index in [0.717, 1.165) is 12.8 Å². The van der Waals surface area contributed by atoms with Crippen LogP contribution < -0.4 is 4.89 Å². The first-order valence-electron chi connectivity index (χ1n) is 11.8. The normalized spacial score (nSPS) is 15.3. The van der Waals surface area contributed by atoms with Crippen LogP contribution in [0.5, 0.6) is 0 Å². The molecule has 0 aliphatic carbocycles. The van der Waals surface area contributed by atoms with Gasteiger partial charge in [-0.2, -0.15) is 0 Å². The predicted octanol–water partition coefficient (Wildman–Crippen LogP) is 4.27. The Morgan fingerprint density at radius 2 is 1.30 bits per heavy atom. The first kappa shape index (κ1) is 30.0. The fraction of sp³-hybridized carbons (Fsp3) is 1.00.